The van der Waals surface area contributed by atoms with Crippen molar-refractivity contribution in [3.63, 3.8) is 0 Å². The molecule has 0 radical (unpaired) electrons. The van der Waals surface area contributed by atoms with Crippen LogP contribution in [0.2, 0.25) is 0 Å². The Morgan fingerprint density at radius 2 is 1.72 bits per heavy atom. The standard InChI is InChI=1S/C19H20N2O3S/c1-3-24-21-14-17(13-15-7-5-4-6-8-15)19(20-21)16-9-11-18(12-10-16)25(2,22)23/h4-12,14H,3,13H2,1-2H3. The van der Waals surface area contributed by atoms with Crippen LogP contribution in [0.4, 0.5) is 0 Å². The van der Waals surface area contributed by atoms with E-state index in [1.807, 2.05) is 31.3 Å². The molecule has 2 aromatic carbocycles. The maximum absolute atomic E-state index is 11.6. The van der Waals surface area contributed by atoms with Gasteiger partial charge in [-0.15, -0.1) is 9.94 Å². The molecule has 5 nitrogen and oxygen atoms in total. The van der Waals surface area contributed by atoms with Gasteiger partial charge in [0.2, 0.25) is 0 Å². The highest BCUT2D eigenvalue weighted by Crippen LogP contribution is 2.25. The Labute approximate surface area is 147 Å². The molecule has 1 aromatic heterocycles. The van der Waals surface area contributed by atoms with E-state index in [-0.39, 0.29) is 0 Å². The summed E-state index contributed by atoms with van der Waals surface area (Å²) in [5.74, 6) is 0. The molecule has 0 fully saturated rings. The first-order valence-electron chi connectivity index (χ1n) is 8.03. The molecule has 0 amide bonds. The Kier molecular flexibility index (Phi) is 4.90. The van der Waals surface area contributed by atoms with Crippen LogP contribution >= 0.6 is 0 Å². The average Bonchev–Trinajstić information content (AvgIpc) is 2.98. The molecule has 0 spiro atoms. The summed E-state index contributed by atoms with van der Waals surface area (Å²) in [6.45, 7) is 2.41. The van der Waals surface area contributed by atoms with E-state index in [0.717, 1.165) is 23.2 Å². The lowest BCUT2D eigenvalue weighted by Crippen LogP contribution is -2.10. The van der Waals surface area contributed by atoms with Crippen LogP contribution in [0.25, 0.3) is 11.3 Å². The summed E-state index contributed by atoms with van der Waals surface area (Å²) in [6.07, 6.45) is 3.79. The van der Waals surface area contributed by atoms with Gasteiger partial charge in [-0.2, -0.15) is 0 Å². The van der Waals surface area contributed by atoms with Crippen LogP contribution in [-0.4, -0.2) is 31.2 Å². The van der Waals surface area contributed by atoms with E-state index >= 15 is 0 Å². The third kappa shape index (κ3) is 4.09. The summed E-state index contributed by atoms with van der Waals surface area (Å²) < 4.78 is 23.3. The van der Waals surface area contributed by atoms with E-state index in [1.165, 1.54) is 16.7 Å². The van der Waals surface area contributed by atoms with Crippen molar-refractivity contribution in [2.24, 2.45) is 0 Å². The molecule has 0 aliphatic rings. The number of sulfone groups is 1. The van der Waals surface area contributed by atoms with Gasteiger partial charge >= 0.3 is 0 Å². The summed E-state index contributed by atoms with van der Waals surface area (Å²) in [5, 5.41) is 4.50. The molecule has 6 heteroatoms. The Morgan fingerprint density at radius 1 is 1.04 bits per heavy atom. The molecule has 0 N–H and O–H groups in total. The predicted molar refractivity (Wildman–Crippen MR) is 97.1 cm³/mol. The summed E-state index contributed by atoms with van der Waals surface area (Å²) in [4.78, 5) is 7.24. The zero-order chi connectivity index (χ0) is 17.9. The van der Waals surface area contributed by atoms with Crippen molar-refractivity contribution in [3.8, 4) is 11.3 Å². The Bertz CT molecular complexity index is 946. The van der Waals surface area contributed by atoms with Crippen LogP contribution in [0.5, 0.6) is 0 Å². The Balaban J connectivity index is 1.99. The van der Waals surface area contributed by atoms with Crippen molar-refractivity contribution in [1.82, 2.24) is 9.94 Å². The van der Waals surface area contributed by atoms with Crippen LogP contribution in [0.3, 0.4) is 0 Å². The minimum absolute atomic E-state index is 0.296. The SMILES string of the molecule is CCOn1cc(Cc2ccccc2)c(-c2ccc(S(C)(=O)=O)cc2)n1. The van der Waals surface area contributed by atoms with Crippen LogP contribution in [-0.2, 0) is 16.3 Å². The molecule has 3 rings (SSSR count). The molecular weight excluding hydrogens is 336 g/mol. The quantitative estimate of drug-likeness (QED) is 0.681. The van der Waals surface area contributed by atoms with E-state index < -0.39 is 9.84 Å². The molecule has 0 bridgehead atoms. The molecule has 0 saturated carbocycles. The normalized spacial score (nSPS) is 11.4. The fourth-order valence-electron chi connectivity index (χ4n) is 2.63. The zero-order valence-corrected chi connectivity index (χ0v) is 15.0. The molecule has 1 heterocycles. The molecular formula is C19H20N2O3S. The molecule has 0 aliphatic carbocycles. The van der Waals surface area contributed by atoms with E-state index in [1.54, 1.807) is 24.3 Å². The second-order valence-corrected chi connectivity index (χ2v) is 7.80. The highest BCUT2D eigenvalue weighted by atomic mass is 32.2. The van der Waals surface area contributed by atoms with Crippen LogP contribution < -0.4 is 4.84 Å². The molecule has 0 saturated heterocycles. The van der Waals surface area contributed by atoms with Crippen molar-refractivity contribution >= 4 is 9.84 Å². The average molecular weight is 356 g/mol. The van der Waals surface area contributed by atoms with Gasteiger partial charge in [-0.25, -0.2) is 8.42 Å². The van der Waals surface area contributed by atoms with Gasteiger partial charge in [0.1, 0.15) is 6.61 Å². The number of aromatic nitrogens is 2. The number of nitrogens with zero attached hydrogens (tertiary/aromatic N) is 2. The fraction of sp³-hybridized carbons (Fsp3) is 0.211. The number of benzene rings is 2. The van der Waals surface area contributed by atoms with Crippen molar-refractivity contribution in [1.29, 1.82) is 0 Å². The van der Waals surface area contributed by atoms with Gasteiger partial charge in [0.15, 0.2) is 9.84 Å². The van der Waals surface area contributed by atoms with Gasteiger partial charge in [0.25, 0.3) is 0 Å². The van der Waals surface area contributed by atoms with Crippen LogP contribution in [0, 0.1) is 0 Å². The molecule has 3 aromatic rings. The fourth-order valence-corrected chi connectivity index (χ4v) is 3.26. The lowest BCUT2D eigenvalue weighted by molar-refractivity contribution is 0.0931. The van der Waals surface area contributed by atoms with Crippen molar-refractivity contribution in [2.75, 3.05) is 12.9 Å². The third-order valence-electron chi connectivity index (χ3n) is 3.82. The lowest BCUT2D eigenvalue weighted by atomic mass is 10.0. The maximum atomic E-state index is 11.6. The van der Waals surface area contributed by atoms with Crippen LogP contribution in [0.1, 0.15) is 18.1 Å². The zero-order valence-electron chi connectivity index (χ0n) is 14.2. The highest BCUT2D eigenvalue weighted by molar-refractivity contribution is 7.90. The van der Waals surface area contributed by atoms with Gasteiger partial charge in [-0.05, 0) is 24.6 Å². The van der Waals surface area contributed by atoms with E-state index in [4.69, 9.17) is 4.84 Å². The van der Waals surface area contributed by atoms with Crippen LogP contribution in [0.15, 0.2) is 65.7 Å². The van der Waals surface area contributed by atoms with Crippen molar-refractivity contribution in [3.05, 3.63) is 71.9 Å². The van der Waals surface area contributed by atoms with Gasteiger partial charge < -0.3 is 4.84 Å². The lowest BCUT2D eigenvalue weighted by Gasteiger charge is -2.04. The first-order valence-corrected chi connectivity index (χ1v) is 9.93. The Morgan fingerprint density at radius 3 is 2.32 bits per heavy atom. The summed E-state index contributed by atoms with van der Waals surface area (Å²) in [7, 11) is -3.21. The van der Waals surface area contributed by atoms with Gasteiger partial charge in [0.05, 0.1) is 16.8 Å². The first-order chi connectivity index (χ1) is 12.0. The monoisotopic (exact) mass is 356 g/mol. The summed E-state index contributed by atoms with van der Waals surface area (Å²) >= 11 is 0. The van der Waals surface area contributed by atoms with Crippen molar-refractivity contribution < 1.29 is 13.3 Å². The molecule has 25 heavy (non-hydrogen) atoms. The number of rotatable bonds is 6. The van der Waals surface area contributed by atoms with E-state index in [2.05, 4.69) is 17.2 Å². The predicted octanol–water partition coefficient (Wildman–Crippen LogP) is 2.99. The topological polar surface area (TPSA) is 61.2 Å². The molecule has 130 valence electrons. The summed E-state index contributed by atoms with van der Waals surface area (Å²) in [5.41, 5.74) is 3.84. The first kappa shape index (κ1) is 17.2. The minimum Gasteiger partial charge on any atom is -0.397 e. The largest absolute Gasteiger partial charge is 0.397 e. The molecule has 0 atom stereocenters. The second-order valence-electron chi connectivity index (χ2n) is 5.78. The minimum atomic E-state index is -3.21. The molecule has 0 aliphatic heterocycles. The highest BCUT2D eigenvalue weighted by Gasteiger charge is 2.14. The van der Waals surface area contributed by atoms with Gasteiger partial charge in [-0.3, -0.25) is 0 Å². The maximum Gasteiger partial charge on any atom is 0.175 e. The number of hydrogen-bond acceptors (Lipinski definition) is 4. The van der Waals surface area contributed by atoms with Gasteiger partial charge in [-0.1, -0.05) is 42.5 Å². The second kappa shape index (κ2) is 7.11. The number of hydrogen-bond donors (Lipinski definition) is 0. The third-order valence-corrected chi connectivity index (χ3v) is 4.95. The Hall–Kier alpha value is -2.60. The van der Waals surface area contributed by atoms with Crippen molar-refractivity contribution in [2.45, 2.75) is 18.2 Å². The molecule has 0 unspecified atom stereocenters. The summed E-state index contributed by atoms with van der Waals surface area (Å²) in [6, 6.07) is 16.9. The van der Waals surface area contributed by atoms with E-state index in [0.29, 0.717) is 11.5 Å². The van der Waals surface area contributed by atoms with E-state index in [9.17, 15) is 8.42 Å². The van der Waals surface area contributed by atoms with Gasteiger partial charge in [0, 0.05) is 23.8 Å². The smallest absolute Gasteiger partial charge is 0.175 e.